The molecule has 20 heavy (non-hydrogen) atoms. The molecular formula is C12H15F3INO2S. The normalized spacial score (nSPS) is 21.6. The molecule has 3 nitrogen and oxygen atoms in total. The van der Waals surface area contributed by atoms with Crippen molar-refractivity contribution in [3.05, 3.63) is 23.0 Å². The highest BCUT2D eigenvalue weighted by atomic mass is 127. The van der Waals surface area contributed by atoms with E-state index in [1.165, 1.54) is 0 Å². The van der Waals surface area contributed by atoms with Gasteiger partial charge >= 0.3 is 6.18 Å². The summed E-state index contributed by atoms with van der Waals surface area (Å²) in [5.41, 5.74) is 0.0844. The summed E-state index contributed by atoms with van der Waals surface area (Å²) in [4.78, 5) is 0. The van der Waals surface area contributed by atoms with Crippen LogP contribution in [0.4, 0.5) is 13.2 Å². The Morgan fingerprint density at radius 1 is 1.45 bits per heavy atom. The highest BCUT2D eigenvalue weighted by molar-refractivity contribution is 14.1. The van der Waals surface area contributed by atoms with Crippen molar-refractivity contribution < 1.29 is 21.6 Å². The third kappa shape index (κ3) is 3.00. The average Bonchev–Trinajstić information content (AvgIpc) is 2.65. The van der Waals surface area contributed by atoms with Gasteiger partial charge in [0, 0.05) is 34.5 Å². The van der Waals surface area contributed by atoms with Crippen LogP contribution in [0.1, 0.15) is 34.2 Å². The second kappa shape index (κ2) is 5.19. The third-order valence-electron chi connectivity index (χ3n) is 3.62. The maximum atomic E-state index is 13.1. The molecule has 1 aromatic heterocycles. The third-order valence-corrected chi connectivity index (χ3v) is 5.83. The Morgan fingerprint density at radius 2 is 2.05 bits per heavy atom. The molecule has 0 spiro atoms. The monoisotopic (exact) mass is 421 g/mol. The van der Waals surface area contributed by atoms with Gasteiger partial charge in [-0.2, -0.15) is 13.2 Å². The number of aromatic nitrogens is 1. The molecule has 0 radical (unpaired) electrons. The maximum Gasteiger partial charge on any atom is 0.418 e. The van der Waals surface area contributed by atoms with E-state index in [4.69, 9.17) is 0 Å². The zero-order chi connectivity index (χ0) is 15.3. The minimum Gasteiger partial charge on any atom is -0.347 e. The highest BCUT2D eigenvalue weighted by Crippen LogP contribution is 2.41. The van der Waals surface area contributed by atoms with Crippen LogP contribution in [0.2, 0.25) is 0 Å². The molecule has 0 amide bonds. The number of hydrogen-bond acceptors (Lipinski definition) is 2. The number of nitrogens with zero attached hydrogens (tertiary/aromatic N) is 1. The Morgan fingerprint density at radius 3 is 2.50 bits per heavy atom. The molecule has 1 aromatic rings. The molecule has 0 aromatic carbocycles. The standard InChI is InChI=1S/C12H15F3INO2S/c1-7(16)11-10(12(13,14)15)6-8-5-9(20(2,18)19)3-4-17(8)11/h6-7,9H,3-5H2,1-2H3. The van der Waals surface area contributed by atoms with E-state index < -0.39 is 26.8 Å². The topological polar surface area (TPSA) is 39.1 Å². The molecule has 0 aliphatic carbocycles. The van der Waals surface area contributed by atoms with Gasteiger partial charge in [0.2, 0.25) is 0 Å². The van der Waals surface area contributed by atoms with Crippen LogP contribution in [0, 0.1) is 0 Å². The fourth-order valence-corrected chi connectivity index (χ4v) is 4.36. The summed E-state index contributed by atoms with van der Waals surface area (Å²) in [6, 6.07) is 1.11. The van der Waals surface area contributed by atoms with Crippen molar-refractivity contribution in [3.8, 4) is 0 Å². The van der Waals surface area contributed by atoms with Gasteiger partial charge in [-0.15, -0.1) is 0 Å². The van der Waals surface area contributed by atoms with E-state index in [0.29, 0.717) is 18.7 Å². The van der Waals surface area contributed by atoms with Crippen LogP contribution in [-0.2, 0) is 29.0 Å². The summed E-state index contributed by atoms with van der Waals surface area (Å²) >= 11 is 1.96. The molecule has 0 fully saturated rings. The quantitative estimate of drug-likeness (QED) is 0.543. The largest absolute Gasteiger partial charge is 0.418 e. The van der Waals surface area contributed by atoms with E-state index in [1.54, 1.807) is 11.5 Å². The lowest BCUT2D eigenvalue weighted by molar-refractivity contribution is -0.138. The van der Waals surface area contributed by atoms with Gasteiger partial charge in [0.05, 0.1) is 10.8 Å². The summed E-state index contributed by atoms with van der Waals surface area (Å²) < 4.78 is 63.8. The summed E-state index contributed by atoms with van der Waals surface area (Å²) in [5.74, 6) is 0. The fourth-order valence-electron chi connectivity index (χ4n) is 2.68. The molecule has 2 rings (SSSR count). The summed E-state index contributed by atoms with van der Waals surface area (Å²) in [6.45, 7) is 2.03. The van der Waals surface area contributed by atoms with E-state index in [1.807, 2.05) is 22.6 Å². The molecule has 1 aliphatic heterocycles. The minimum atomic E-state index is -4.40. The van der Waals surface area contributed by atoms with E-state index in [0.717, 1.165) is 12.3 Å². The second-order valence-electron chi connectivity index (χ2n) is 5.14. The minimum absolute atomic E-state index is 0.158. The first-order valence-electron chi connectivity index (χ1n) is 6.14. The van der Waals surface area contributed by atoms with Crippen molar-refractivity contribution in [1.29, 1.82) is 0 Å². The predicted octanol–water partition coefficient (Wildman–Crippen LogP) is 3.36. The summed E-state index contributed by atoms with van der Waals surface area (Å²) in [7, 11) is -3.22. The number of hydrogen-bond donors (Lipinski definition) is 0. The molecule has 2 unspecified atom stereocenters. The molecule has 1 aliphatic rings. The van der Waals surface area contributed by atoms with Gasteiger partial charge in [0.15, 0.2) is 9.84 Å². The number of alkyl halides is 4. The molecule has 0 bridgehead atoms. The summed E-state index contributed by atoms with van der Waals surface area (Å²) in [5, 5.41) is -0.580. The predicted molar refractivity (Wildman–Crippen MR) is 78.8 cm³/mol. The van der Waals surface area contributed by atoms with Gasteiger partial charge in [-0.1, -0.05) is 22.6 Å². The van der Waals surface area contributed by atoms with Gasteiger partial charge in [0.1, 0.15) is 0 Å². The van der Waals surface area contributed by atoms with Crippen LogP contribution in [-0.4, -0.2) is 24.5 Å². The van der Waals surface area contributed by atoms with Gasteiger partial charge < -0.3 is 4.57 Å². The zero-order valence-corrected chi connectivity index (χ0v) is 14.0. The van der Waals surface area contributed by atoms with Crippen LogP contribution in [0.5, 0.6) is 0 Å². The first-order chi connectivity index (χ1) is 9.01. The Bertz CT molecular complexity index is 619. The molecular weight excluding hydrogens is 406 g/mol. The van der Waals surface area contributed by atoms with Gasteiger partial charge in [-0.25, -0.2) is 8.42 Å². The SMILES string of the molecule is CC(I)c1c(C(F)(F)F)cc2n1CCC(S(C)(=O)=O)C2. The van der Waals surface area contributed by atoms with Gasteiger partial charge in [-0.3, -0.25) is 0 Å². The lowest BCUT2D eigenvalue weighted by Gasteiger charge is -2.25. The Kier molecular flexibility index (Phi) is 4.18. The first-order valence-corrected chi connectivity index (χ1v) is 9.34. The zero-order valence-electron chi connectivity index (χ0n) is 11.0. The van der Waals surface area contributed by atoms with Crippen molar-refractivity contribution in [2.75, 3.05) is 6.26 Å². The van der Waals surface area contributed by atoms with Crippen LogP contribution in [0.25, 0.3) is 0 Å². The number of rotatable bonds is 2. The maximum absolute atomic E-state index is 13.1. The van der Waals surface area contributed by atoms with Crippen molar-refractivity contribution in [2.45, 2.75) is 41.7 Å². The summed E-state index contributed by atoms with van der Waals surface area (Å²) in [6.07, 6.45) is -2.73. The molecule has 114 valence electrons. The van der Waals surface area contributed by atoms with E-state index >= 15 is 0 Å². The van der Waals surface area contributed by atoms with Gasteiger partial charge in [0.25, 0.3) is 0 Å². The number of halogens is 4. The average molecular weight is 421 g/mol. The molecule has 8 heteroatoms. The van der Waals surface area contributed by atoms with Crippen molar-refractivity contribution in [1.82, 2.24) is 4.57 Å². The Hall–Kier alpha value is -0.250. The lowest BCUT2D eigenvalue weighted by Crippen LogP contribution is -2.30. The van der Waals surface area contributed by atoms with Crippen LogP contribution < -0.4 is 0 Å². The molecule has 2 heterocycles. The molecule has 0 saturated heterocycles. The van der Waals surface area contributed by atoms with Gasteiger partial charge in [-0.05, 0) is 19.4 Å². The first kappa shape index (κ1) is 16.1. The van der Waals surface area contributed by atoms with Crippen LogP contribution in [0.15, 0.2) is 6.07 Å². The number of fused-ring (bicyclic) bond motifs is 1. The Labute approximate surface area is 129 Å². The second-order valence-corrected chi connectivity index (χ2v) is 9.34. The number of sulfone groups is 1. The molecule has 0 N–H and O–H groups in total. The van der Waals surface area contributed by atoms with Crippen molar-refractivity contribution in [2.24, 2.45) is 0 Å². The van der Waals surface area contributed by atoms with Crippen molar-refractivity contribution >= 4 is 32.4 Å². The smallest absolute Gasteiger partial charge is 0.347 e. The van der Waals surface area contributed by atoms with Crippen molar-refractivity contribution in [3.63, 3.8) is 0 Å². The van der Waals surface area contributed by atoms with Crippen LogP contribution >= 0.6 is 22.6 Å². The molecule has 0 saturated carbocycles. The Balaban J connectivity index is 2.51. The van der Waals surface area contributed by atoms with E-state index in [2.05, 4.69) is 0 Å². The highest BCUT2D eigenvalue weighted by Gasteiger charge is 2.39. The molecule has 2 atom stereocenters. The van der Waals surface area contributed by atoms with Crippen LogP contribution in [0.3, 0.4) is 0 Å². The fraction of sp³-hybridized carbons (Fsp3) is 0.667. The lowest BCUT2D eigenvalue weighted by atomic mass is 10.1. The van der Waals surface area contributed by atoms with E-state index in [9.17, 15) is 21.6 Å². The van der Waals surface area contributed by atoms with E-state index in [-0.39, 0.29) is 16.0 Å².